The van der Waals surface area contributed by atoms with Crippen LogP contribution in [0.15, 0.2) is 23.1 Å². The zero-order chi connectivity index (χ0) is 15.3. The lowest BCUT2D eigenvalue weighted by atomic mass is 10.1. The molecule has 3 N–H and O–H groups in total. The Morgan fingerprint density at radius 1 is 1.45 bits per heavy atom. The first kappa shape index (κ1) is 16.5. The molecule has 0 bridgehead atoms. The number of ether oxygens (including phenoxy) is 1. The van der Waals surface area contributed by atoms with Crippen molar-refractivity contribution in [2.45, 2.75) is 18.7 Å². The standard InChI is InChI=1S/C12H16N2O4S2/c1-3-18-11(15)7-14-20(16,17)10-5-4-9(12(13)19)6-8(10)2/h4-6,14H,3,7H2,1-2H3,(H2,13,19). The summed E-state index contributed by atoms with van der Waals surface area (Å²) in [6, 6.07) is 4.51. The summed E-state index contributed by atoms with van der Waals surface area (Å²) in [5, 5.41) is 0. The number of esters is 1. The third-order valence-electron chi connectivity index (χ3n) is 2.46. The van der Waals surface area contributed by atoms with E-state index in [0.29, 0.717) is 11.1 Å². The predicted octanol–water partition coefficient (Wildman–Crippen LogP) is 0.471. The van der Waals surface area contributed by atoms with E-state index in [4.69, 9.17) is 18.0 Å². The van der Waals surface area contributed by atoms with Crippen molar-refractivity contribution >= 4 is 33.2 Å². The zero-order valence-electron chi connectivity index (χ0n) is 11.2. The van der Waals surface area contributed by atoms with E-state index in [1.54, 1.807) is 19.9 Å². The van der Waals surface area contributed by atoms with Crippen molar-refractivity contribution in [1.29, 1.82) is 0 Å². The van der Waals surface area contributed by atoms with Crippen LogP contribution in [-0.4, -0.2) is 32.5 Å². The van der Waals surface area contributed by atoms with Gasteiger partial charge in [0, 0.05) is 5.56 Å². The minimum atomic E-state index is -3.78. The normalized spacial score (nSPS) is 11.1. The fraction of sp³-hybridized carbons (Fsp3) is 0.333. The minimum Gasteiger partial charge on any atom is -0.465 e. The summed E-state index contributed by atoms with van der Waals surface area (Å²) in [6.07, 6.45) is 0. The second-order valence-corrected chi connectivity index (χ2v) is 6.15. The van der Waals surface area contributed by atoms with Crippen LogP contribution < -0.4 is 10.5 Å². The fourth-order valence-corrected chi connectivity index (χ4v) is 2.87. The topological polar surface area (TPSA) is 98.5 Å². The summed E-state index contributed by atoms with van der Waals surface area (Å²) >= 11 is 4.82. The molecular formula is C12H16N2O4S2. The number of hydrogen-bond donors (Lipinski definition) is 2. The van der Waals surface area contributed by atoms with Gasteiger partial charge in [-0.05, 0) is 31.5 Å². The largest absolute Gasteiger partial charge is 0.465 e. The van der Waals surface area contributed by atoms with E-state index in [1.807, 2.05) is 0 Å². The first-order valence-electron chi connectivity index (χ1n) is 5.83. The second-order valence-electron chi connectivity index (χ2n) is 3.97. The molecule has 0 amide bonds. The van der Waals surface area contributed by atoms with Crippen molar-refractivity contribution in [3.8, 4) is 0 Å². The highest BCUT2D eigenvalue weighted by atomic mass is 32.2. The van der Waals surface area contributed by atoms with E-state index >= 15 is 0 Å². The highest BCUT2D eigenvalue weighted by molar-refractivity contribution is 7.89. The van der Waals surface area contributed by atoms with Gasteiger partial charge in [-0.25, -0.2) is 8.42 Å². The lowest BCUT2D eigenvalue weighted by Gasteiger charge is -2.10. The number of sulfonamides is 1. The van der Waals surface area contributed by atoms with E-state index in [1.165, 1.54) is 12.1 Å². The van der Waals surface area contributed by atoms with Gasteiger partial charge >= 0.3 is 5.97 Å². The number of hydrogen-bond acceptors (Lipinski definition) is 5. The van der Waals surface area contributed by atoms with Crippen LogP contribution in [-0.2, 0) is 19.6 Å². The molecule has 0 fully saturated rings. The molecule has 20 heavy (non-hydrogen) atoms. The molecule has 0 heterocycles. The number of carbonyl (C=O) groups is 1. The summed E-state index contributed by atoms with van der Waals surface area (Å²) in [4.78, 5) is 11.4. The van der Waals surface area contributed by atoms with E-state index in [9.17, 15) is 13.2 Å². The number of nitrogens with one attached hydrogen (secondary N) is 1. The molecule has 1 aromatic rings. The van der Waals surface area contributed by atoms with Crippen LogP contribution in [0.5, 0.6) is 0 Å². The van der Waals surface area contributed by atoms with Crippen LogP contribution in [0.4, 0.5) is 0 Å². The van der Waals surface area contributed by atoms with Crippen molar-refractivity contribution in [3.63, 3.8) is 0 Å². The van der Waals surface area contributed by atoms with Crippen LogP contribution in [0.25, 0.3) is 0 Å². The molecule has 0 aliphatic rings. The van der Waals surface area contributed by atoms with Gasteiger partial charge < -0.3 is 10.5 Å². The van der Waals surface area contributed by atoms with Crippen molar-refractivity contribution in [3.05, 3.63) is 29.3 Å². The van der Waals surface area contributed by atoms with Gasteiger partial charge in [0.15, 0.2) is 0 Å². The van der Waals surface area contributed by atoms with Crippen molar-refractivity contribution in [2.24, 2.45) is 5.73 Å². The Labute approximate surface area is 123 Å². The van der Waals surface area contributed by atoms with Crippen LogP contribution in [0.3, 0.4) is 0 Å². The summed E-state index contributed by atoms with van der Waals surface area (Å²) in [5.74, 6) is -0.631. The van der Waals surface area contributed by atoms with Crippen molar-refractivity contribution in [2.75, 3.05) is 13.2 Å². The Hall–Kier alpha value is -1.51. The third kappa shape index (κ3) is 4.26. The fourth-order valence-electron chi connectivity index (χ4n) is 1.55. The molecule has 0 saturated carbocycles. The number of rotatable bonds is 6. The highest BCUT2D eigenvalue weighted by Gasteiger charge is 2.18. The van der Waals surface area contributed by atoms with E-state index < -0.39 is 22.5 Å². The maximum atomic E-state index is 12.1. The molecule has 6 nitrogen and oxygen atoms in total. The Bertz CT molecular complexity index is 626. The molecule has 110 valence electrons. The maximum absolute atomic E-state index is 12.1. The molecule has 0 aliphatic carbocycles. The molecule has 0 unspecified atom stereocenters. The quantitative estimate of drug-likeness (QED) is 0.585. The van der Waals surface area contributed by atoms with Crippen LogP contribution >= 0.6 is 12.2 Å². The zero-order valence-corrected chi connectivity index (χ0v) is 12.8. The number of nitrogens with two attached hydrogens (primary N) is 1. The molecule has 0 aliphatic heterocycles. The molecule has 1 aromatic carbocycles. The van der Waals surface area contributed by atoms with Crippen molar-refractivity contribution < 1.29 is 17.9 Å². The van der Waals surface area contributed by atoms with Gasteiger partial charge in [-0.1, -0.05) is 18.3 Å². The van der Waals surface area contributed by atoms with Crippen LogP contribution in [0, 0.1) is 6.92 Å². The maximum Gasteiger partial charge on any atom is 0.321 e. The smallest absolute Gasteiger partial charge is 0.321 e. The van der Waals surface area contributed by atoms with Crippen LogP contribution in [0.2, 0.25) is 0 Å². The highest BCUT2D eigenvalue weighted by Crippen LogP contribution is 2.16. The number of carbonyl (C=O) groups excluding carboxylic acids is 1. The average Bonchev–Trinajstić information content (AvgIpc) is 2.36. The summed E-state index contributed by atoms with van der Waals surface area (Å²) in [7, 11) is -3.78. The molecule has 0 aromatic heterocycles. The Morgan fingerprint density at radius 3 is 2.60 bits per heavy atom. The number of thiocarbonyl (C=S) groups is 1. The Balaban J connectivity index is 2.93. The van der Waals surface area contributed by atoms with Gasteiger partial charge in [0.05, 0.1) is 11.5 Å². The lowest BCUT2D eigenvalue weighted by Crippen LogP contribution is -2.31. The van der Waals surface area contributed by atoms with Gasteiger partial charge in [-0.2, -0.15) is 4.72 Å². The third-order valence-corrected chi connectivity index (χ3v) is 4.26. The van der Waals surface area contributed by atoms with E-state index in [-0.39, 0.29) is 16.5 Å². The van der Waals surface area contributed by atoms with Gasteiger partial charge in [-0.15, -0.1) is 0 Å². The SMILES string of the molecule is CCOC(=O)CNS(=O)(=O)c1ccc(C(N)=S)cc1C. The molecular weight excluding hydrogens is 300 g/mol. The Kier molecular flexibility index (Phi) is 5.61. The summed E-state index contributed by atoms with van der Waals surface area (Å²) < 4.78 is 31.0. The minimum absolute atomic E-state index is 0.0711. The van der Waals surface area contributed by atoms with Crippen molar-refractivity contribution in [1.82, 2.24) is 4.72 Å². The monoisotopic (exact) mass is 316 g/mol. The predicted molar refractivity (Wildman–Crippen MR) is 78.9 cm³/mol. The first-order chi connectivity index (χ1) is 9.27. The number of benzene rings is 1. The van der Waals surface area contributed by atoms with Gasteiger partial charge in [0.25, 0.3) is 0 Å². The lowest BCUT2D eigenvalue weighted by molar-refractivity contribution is -0.141. The molecule has 0 atom stereocenters. The van der Waals surface area contributed by atoms with E-state index in [0.717, 1.165) is 0 Å². The number of aryl methyl sites for hydroxylation is 1. The molecule has 0 spiro atoms. The van der Waals surface area contributed by atoms with Gasteiger partial charge in [-0.3, -0.25) is 4.79 Å². The molecule has 0 radical (unpaired) electrons. The molecule has 8 heteroatoms. The second kappa shape index (κ2) is 6.78. The summed E-state index contributed by atoms with van der Waals surface area (Å²) in [6.45, 7) is 3.06. The first-order valence-corrected chi connectivity index (χ1v) is 7.72. The summed E-state index contributed by atoms with van der Waals surface area (Å²) in [5.41, 5.74) is 6.56. The average molecular weight is 316 g/mol. The molecule has 1 rings (SSSR count). The van der Waals surface area contributed by atoms with E-state index in [2.05, 4.69) is 9.46 Å². The van der Waals surface area contributed by atoms with Gasteiger partial charge in [0.2, 0.25) is 10.0 Å². The van der Waals surface area contributed by atoms with Crippen LogP contribution in [0.1, 0.15) is 18.1 Å². The Morgan fingerprint density at radius 2 is 2.10 bits per heavy atom. The molecule has 0 saturated heterocycles. The van der Waals surface area contributed by atoms with Gasteiger partial charge in [0.1, 0.15) is 11.5 Å².